The van der Waals surface area contributed by atoms with Crippen molar-refractivity contribution < 1.29 is 4.79 Å². The Morgan fingerprint density at radius 1 is 0.786 bits per heavy atom. The normalized spacial score (nSPS) is 19.5. The molecule has 28 heavy (non-hydrogen) atoms. The van der Waals surface area contributed by atoms with Crippen molar-refractivity contribution in [3.05, 3.63) is 70.8 Å². The smallest absolute Gasteiger partial charge is 0.134 e. The monoisotopic (exact) mass is 374 g/mol. The van der Waals surface area contributed by atoms with Gasteiger partial charge in [-0.15, -0.1) is 0 Å². The molecule has 2 aliphatic carbocycles. The molecule has 148 valence electrons. The minimum atomic E-state index is 0.417. The van der Waals surface area contributed by atoms with Gasteiger partial charge in [-0.2, -0.15) is 0 Å². The summed E-state index contributed by atoms with van der Waals surface area (Å²) in [5.74, 6) is 2.71. The van der Waals surface area contributed by atoms with Crippen molar-refractivity contribution in [2.45, 2.75) is 77.0 Å². The SMILES string of the molecule is Cc1cccc(C(CC(=O)CC(c2cccc(C)c2)C2CCC2)C2CCC2)c1. The van der Waals surface area contributed by atoms with Crippen LogP contribution >= 0.6 is 0 Å². The molecule has 0 spiro atoms. The Bertz CT molecular complexity index is 745. The summed E-state index contributed by atoms with van der Waals surface area (Å²) in [6.07, 6.45) is 9.26. The molecule has 0 radical (unpaired) electrons. The second-order valence-electron chi connectivity index (χ2n) is 9.37. The van der Waals surface area contributed by atoms with Gasteiger partial charge in [0.05, 0.1) is 0 Å². The van der Waals surface area contributed by atoms with Crippen molar-refractivity contribution in [2.75, 3.05) is 0 Å². The molecule has 2 aromatic rings. The molecule has 1 heteroatoms. The van der Waals surface area contributed by atoms with E-state index in [1.807, 2.05) is 0 Å². The van der Waals surface area contributed by atoms with E-state index in [0.29, 0.717) is 29.5 Å². The van der Waals surface area contributed by atoms with E-state index >= 15 is 0 Å². The number of Topliss-reactive ketones (excluding diaryl/α,β-unsaturated/α-hetero) is 1. The summed E-state index contributed by atoms with van der Waals surface area (Å²) in [7, 11) is 0. The van der Waals surface area contributed by atoms with Gasteiger partial charge < -0.3 is 0 Å². The Kier molecular flexibility index (Phi) is 5.99. The zero-order valence-electron chi connectivity index (χ0n) is 17.5. The molecule has 0 bridgehead atoms. The maximum Gasteiger partial charge on any atom is 0.134 e. The van der Waals surface area contributed by atoms with Gasteiger partial charge in [-0.1, -0.05) is 72.5 Å². The van der Waals surface area contributed by atoms with Gasteiger partial charge in [-0.05, 0) is 74.3 Å². The Morgan fingerprint density at radius 3 is 1.54 bits per heavy atom. The number of carbonyl (C=O) groups excluding carboxylic acids is 1. The average molecular weight is 375 g/mol. The first-order valence-electron chi connectivity index (χ1n) is 11.2. The highest BCUT2D eigenvalue weighted by molar-refractivity contribution is 5.80. The molecular weight excluding hydrogens is 340 g/mol. The zero-order valence-corrected chi connectivity index (χ0v) is 17.5. The molecule has 2 atom stereocenters. The maximum absolute atomic E-state index is 13.3. The second-order valence-corrected chi connectivity index (χ2v) is 9.37. The highest BCUT2D eigenvalue weighted by atomic mass is 16.1. The molecule has 2 fully saturated rings. The largest absolute Gasteiger partial charge is 0.300 e. The Balaban J connectivity index is 1.50. The van der Waals surface area contributed by atoms with E-state index in [1.54, 1.807) is 0 Å². The molecule has 4 rings (SSSR count). The number of aryl methyl sites for hydroxylation is 2. The summed E-state index contributed by atoms with van der Waals surface area (Å²) in [5, 5.41) is 0. The quantitative estimate of drug-likeness (QED) is 0.481. The maximum atomic E-state index is 13.3. The van der Waals surface area contributed by atoms with E-state index in [0.717, 1.165) is 12.8 Å². The van der Waals surface area contributed by atoms with E-state index in [1.165, 1.54) is 60.8 Å². The lowest BCUT2D eigenvalue weighted by atomic mass is 9.68. The van der Waals surface area contributed by atoms with Crippen LogP contribution in [0.5, 0.6) is 0 Å². The van der Waals surface area contributed by atoms with E-state index in [4.69, 9.17) is 0 Å². The minimum absolute atomic E-state index is 0.417. The fourth-order valence-electron chi connectivity index (χ4n) is 5.17. The summed E-state index contributed by atoms with van der Waals surface area (Å²) < 4.78 is 0. The number of carbonyl (C=O) groups is 1. The van der Waals surface area contributed by atoms with Gasteiger partial charge in [0.25, 0.3) is 0 Å². The van der Waals surface area contributed by atoms with Gasteiger partial charge in [-0.25, -0.2) is 0 Å². The molecule has 2 unspecified atom stereocenters. The van der Waals surface area contributed by atoms with Crippen LogP contribution in [-0.2, 0) is 4.79 Å². The molecule has 2 aliphatic rings. The van der Waals surface area contributed by atoms with E-state index in [9.17, 15) is 4.79 Å². The van der Waals surface area contributed by atoms with Crippen LogP contribution in [0.2, 0.25) is 0 Å². The average Bonchev–Trinajstić information content (AvgIpc) is 2.57. The lowest BCUT2D eigenvalue weighted by molar-refractivity contribution is -0.120. The van der Waals surface area contributed by atoms with Gasteiger partial charge in [0.15, 0.2) is 0 Å². The highest BCUT2D eigenvalue weighted by Gasteiger charge is 2.33. The summed E-state index contributed by atoms with van der Waals surface area (Å²) in [6.45, 7) is 4.32. The molecule has 0 heterocycles. The number of rotatable bonds is 8. The van der Waals surface area contributed by atoms with Crippen LogP contribution in [0.25, 0.3) is 0 Å². The molecule has 2 saturated carbocycles. The van der Waals surface area contributed by atoms with E-state index in [2.05, 4.69) is 62.4 Å². The molecule has 2 aromatic carbocycles. The first-order valence-corrected chi connectivity index (χ1v) is 11.2. The van der Waals surface area contributed by atoms with Crippen molar-refractivity contribution in [1.29, 1.82) is 0 Å². The van der Waals surface area contributed by atoms with Crippen LogP contribution in [-0.4, -0.2) is 5.78 Å². The lowest BCUT2D eigenvalue weighted by Gasteiger charge is -2.36. The second kappa shape index (κ2) is 8.64. The first-order chi connectivity index (χ1) is 13.6. The highest BCUT2D eigenvalue weighted by Crippen LogP contribution is 2.44. The lowest BCUT2D eigenvalue weighted by Crippen LogP contribution is -2.26. The van der Waals surface area contributed by atoms with Crippen LogP contribution in [0.1, 0.15) is 85.5 Å². The van der Waals surface area contributed by atoms with Crippen molar-refractivity contribution in [2.24, 2.45) is 11.8 Å². The molecule has 0 N–H and O–H groups in total. The molecule has 0 amide bonds. The van der Waals surface area contributed by atoms with Gasteiger partial charge in [-0.3, -0.25) is 4.79 Å². The Hall–Kier alpha value is -1.89. The van der Waals surface area contributed by atoms with Gasteiger partial charge in [0.1, 0.15) is 5.78 Å². The van der Waals surface area contributed by atoms with Crippen molar-refractivity contribution >= 4 is 5.78 Å². The fourth-order valence-corrected chi connectivity index (χ4v) is 5.17. The van der Waals surface area contributed by atoms with Crippen molar-refractivity contribution in [3.63, 3.8) is 0 Å². The zero-order chi connectivity index (χ0) is 19.5. The van der Waals surface area contributed by atoms with Crippen LogP contribution in [0, 0.1) is 25.7 Å². The third-order valence-electron chi connectivity index (χ3n) is 7.27. The third kappa shape index (κ3) is 4.40. The third-order valence-corrected chi connectivity index (χ3v) is 7.27. The fraction of sp³-hybridized carbons (Fsp3) is 0.519. The number of benzene rings is 2. The first kappa shape index (κ1) is 19.4. The van der Waals surface area contributed by atoms with Crippen LogP contribution < -0.4 is 0 Å². The standard InChI is InChI=1S/C27H34O/c1-19-7-3-13-23(15-19)26(21-9-5-10-21)17-25(28)18-27(22-11-6-12-22)24-14-4-8-20(2)16-24/h3-4,7-8,13-16,21-22,26-27H,5-6,9-12,17-18H2,1-2H3. The minimum Gasteiger partial charge on any atom is -0.300 e. The van der Waals surface area contributed by atoms with E-state index < -0.39 is 0 Å². The molecule has 0 aliphatic heterocycles. The molecule has 0 saturated heterocycles. The molecular formula is C27H34O. The van der Waals surface area contributed by atoms with Crippen LogP contribution in [0.4, 0.5) is 0 Å². The van der Waals surface area contributed by atoms with Crippen molar-refractivity contribution in [1.82, 2.24) is 0 Å². The Labute approximate surface area is 170 Å². The van der Waals surface area contributed by atoms with Gasteiger partial charge in [0, 0.05) is 12.8 Å². The number of hydrogen-bond acceptors (Lipinski definition) is 1. The number of hydrogen-bond donors (Lipinski definition) is 0. The van der Waals surface area contributed by atoms with Gasteiger partial charge in [0.2, 0.25) is 0 Å². The summed E-state index contributed by atoms with van der Waals surface area (Å²) in [6, 6.07) is 17.7. The van der Waals surface area contributed by atoms with Crippen LogP contribution in [0.15, 0.2) is 48.5 Å². The molecule has 0 aromatic heterocycles. The predicted octanol–water partition coefficient (Wildman–Crippen LogP) is 7.12. The van der Waals surface area contributed by atoms with Gasteiger partial charge >= 0.3 is 0 Å². The predicted molar refractivity (Wildman–Crippen MR) is 117 cm³/mol. The topological polar surface area (TPSA) is 17.1 Å². The van der Waals surface area contributed by atoms with Crippen molar-refractivity contribution in [3.8, 4) is 0 Å². The Morgan fingerprint density at radius 2 is 1.21 bits per heavy atom. The number of ketones is 1. The summed E-state index contributed by atoms with van der Waals surface area (Å²) in [4.78, 5) is 13.3. The summed E-state index contributed by atoms with van der Waals surface area (Å²) in [5.41, 5.74) is 5.38. The van der Waals surface area contributed by atoms with Crippen LogP contribution in [0.3, 0.4) is 0 Å². The molecule has 1 nitrogen and oxygen atoms in total. The summed E-state index contributed by atoms with van der Waals surface area (Å²) >= 11 is 0. The van der Waals surface area contributed by atoms with E-state index in [-0.39, 0.29) is 0 Å².